The van der Waals surface area contributed by atoms with Crippen molar-refractivity contribution in [2.45, 2.75) is 20.0 Å². The molecule has 2 heterocycles. The molecular formula is C13H18N4O. The first-order valence-electron chi connectivity index (χ1n) is 5.92. The van der Waals surface area contributed by atoms with Crippen LogP contribution >= 0.6 is 0 Å². The third-order valence-electron chi connectivity index (χ3n) is 2.61. The summed E-state index contributed by atoms with van der Waals surface area (Å²) in [6.45, 7) is 3.31. The molecule has 5 heteroatoms. The molecule has 0 bridgehead atoms. The van der Waals surface area contributed by atoms with Crippen LogP contribution in [0.4, 0.5) is 5.82 Å². The highest BCUT2D eigenvalue weighted by Gasteiger charge is 2.07. The van der Waals surface area contributed by atoms with E-state index in [0.29, 0.717) is 13.1 Å². The lowest BCUT2D eigenvalue weighted by molar-refractivity contribution is 0.481. The summed E-state index contributed by atoms with van der Waals surface area (Å²) in [5.41, 5.74) is 0. The lowest BCUT2D eigenvalue weighted by atomic mass is 10.4. The summed E-state index contributed by atoms with van der Waals surface area (Å²) in [4.78, 5) is 10.7. The number of hydrogen-bond donors (Lipinski definition) is 1. The molecule has 0 aliphatic carbocycles. The smallest absolute Gasteiger partial charge is 0.144 e. The molecule has 0 radical (unpaired) electrons. The molecule has 18 heavy (non-hydrogen) atoms. The fourth-order valence-electron chi connectivity index (χ4n) is 1.73. The van der Waals surface area contributed by atoms with Gasteiger partial charge in [-0.3, -0.25) is 0 Å². The molecule has 0 aliphatic rings. The van der Waals surface area contributed by atoms with E-state index in [4.69, 9.17) is 4.42 Å². The van der Waals surface area contributed by atoms with Crippen molar-refractivity contribution in [3.63, 3.8) is 0 Å². The predicted octanol–water partition coefficient (Wildman–Crippen LogP) is 1.73. The molecule has 0 unspecified atom stereocenters. The Labute approximate surface area is 107 Å². The number of furan rings is 1. The molecule has 2 aromatic heterocycles. The van der Waals surface area contributed by atoms with Gasteiger partial charge < -0.3 is 14.6 Å². The van der Waals surface area contributed by atoms with Crippen molar-refractivity contribution in [1.82, 2.24) is 15.3 Å². The first kappa shape index (κ1) is 12.6. The van der Waals surface area contributed by atoms with Gasteiger partial charge in [0, 0.05) is 13.2 Å². The van der Waals surface area contributed by atoms with Crippen molar-refractivity contribution in [3.05, 3.63) is 41.7 Å². The third kappa shape index (κ3) is 3.07. The summed E-state index contributed by atoms with van der Waals surface area (Å²) in [7, 11) is 3.87. The van der Waals surface area contributed by atoms with Gasteiger partial charge in [-0.25, -0.2) is 9.97 Å². The maximum Gasteiger partial charge on any atom is 0.144 e. The number of aromatic nitrogens is 2. The van der Waals surface area contributed by atoms with Crippen LogP contribution in [-0.2, 0) is 13.1 Å². The maximum atomic E-state index is 5.56. The largest absolute Gasteiger partial charge is 0.464 e. The van der Waals surface area contributed by atoms with Crippen LogP contribution in [0.25, 0.3) is 0 Å². The van der Waals surface area contributed by atoms with E-state index in [1.807, 2.05) is 44.1 Å². The molecular weight excluding hydrogens is 228 g/mol. The summed E-state index contributed by atoms with van der Waals surface area (Å²) in [5, 5.41) is 3.04. The topological polar surface area (TPSA) is 54.2 Å². The zero-order chi connectivity index (χ0) is 13.0. The molecule has 2 rings (SSSR count). The van der Waals surface area contributed by atoms with Crippen LogP contribution in [-0.4, -0.2) is 24.1 Å². The Morgan fingerprint density at radius 3 is 2.83 bits per heavy atom. The van der Waals surface area contributed by atoms with Gasteiger partial charge in [0.1, 0.15) is 23.2 Å². The molecule has 0 aliphatic heterocycles. The van der Waals surface area contributed by atoms with Crippen LogP contribution in [0.5, 0.6) is 0 Å². The number of aryl methyl sites for hydroxylation is 1. The van der Waals surface area contributed by atoms with Gasteiger partial charge in [-0.05, 0) is 32.2 Å². The number of nitrogens with zero attached hydrogens (tertiary/aromatic N) is 3. The Morgan fingerprint density at radius 1 is 1.33 bits per heavy atom. The normalized spacial score (nSPS) is 10.6. The average Bonchev–Trinajstić information content (AvgIpc) is 2.75. The van der Waals surface area contributed by atoms with Gasteiger partial charge >= 0.3 is 0 Å². The van der Waals surface area contributed by atoms with Crippen molar-refractivity contribution < 1.29 is 4.42 Å². The lowest BCUT2D eigenvalue weighted by Crippen LogP contribution is -2.19. The molecule has 5 nitrogen and oxygen atoms in total. The Morgan fingerprint density at radius 2 is 2.17 bits per heavy atom. The highest BCUT2D eigenvalue weighted by atomic mass is 16.3. The van der Waals surface area contributed by atoms with Crippen molar-refractivity contribution in [3.8, 4) is 0 Å². The average molecular weight is 246 g/mol. The van der Waals surface area contributed by atoms with E-state index in [0.717, 1.165) is 23.2 Å². The molecule has 96 valence electrons. The van der Waals surface area contributed by atoms with Gasteiger partial charge in [0.2, 0.25) is 0 Å². The van der Waals surface area contributed by atoms with Gasteiger partial charge in [0.25, 0.3) is 0 Å². The minimum Gasteiger partial charge on any atom is -0.464 e. The summed E-state index contributed by atoms with van der Waals surface area (Å²) in [5.74, 6) is 3.54. The second-order valence-electron chi connectivity index (χ2n) is 4.23. The fourth-order valence-corrected chi connectivity index (χ4v) is 1.73. The van der Waals surface area contributed by atoms with Crippen LogP contribution < -0.4 is 10.2 Å². The van der Waals surface area contributed by atoms with Gasteiger partial charge in [0.15, 0.2) is 0 Å². The van der Waals surface area contributed by atoms with Crippen molar-refractivity contribution in [2.75, 3.05) is 19.0 Å². The summed E-state index contributed by atoms with van der Waals surface area (Å²) >= 11 is 0. The molecule has 0 spiro atoms. The van der Waals surface area contributed by atoms with E-state index in [1.54, 1.807) is 6.20 Å². The fraction of sp³-hybridized carbons (Fsp3) is 0.385. The first-order chi connectivity index (χ1) is 8.69. The Balaban J connectivity index is 2.08. The SMILES string of the molecule is CNCc1nccc(N(C)Cc2ccc(C)o2)n1. The van der Waals surface area contributed by atoms with E-state index in [2.05, 4.69) is 15.3 Å². The first-order valence-corrected chi connectivity index (χ1v) is 5.92. The Kier molecular flexibility index (Phi) is 3.94. The highest BCUT2D eigenvalue weighted by molar-refractivity contribution is 5.36. The van der Waals surface area contributed by atoms with E-state index in [-0.39, 0.29) is 0 Å². The molecule has 2 aromatic rings. The Hall–Kier alpha value is -1.88. The monoisotopic (exact) mass is 246 g/mol. The van der Waals surface area contributed by atoms with Gasteiger partial charge in [-0.2, -0.15) is 0 Å². The van der Waals surface area contributed by atoms with E-state index < -0.39 is 0 Å². The summed E-state index contributed by atoms with van der Waals surface area (Å²) < 4.78 is 5.56. The van der Waals surface area contributed by atoms with Gasteiger partial charge in [-0.1, -0.05) is 0 Å². The second-order valence-corrected chi connectivity index (χ2v) is 4.23. The minimum absolute atomic E-state index is 0.668. The van der Waals surface area contributed by atoms with Crippen molar-refractivity contribution in [2.24, 2.45) is 0 Å². The van der Waals surface area contributed by atoms with Crippen molar-refractivity contribution in [1.29, 1.82) is 0 Å². The highest BCUT2D eigenvalue weighted by Crippen LogP contribution is 2.14. The molecule has 0 atom stereocenters. The van der Waals surface area contributed by atoms with E-state index in [9.17, 15) is 0 Å². The summed E-state index contributed by atoms with van der Waals surface area (Å²) in [6, 6.07) is 5.85. The van der Waals surface area contributed by atoms with Gasteiger partial charge in [-0.15, -0.1) is 0 Å². The zero-order valence-electron chi connectivity index (χ0n) is 11.0. The van der Waals surface area contributed by atoms with Crippen LogP contribution in [0, 0.1) is 6.92 Å². The Bertz CT molecular complexity index is 509. The predicted molar refractivity (Wildman–Crippen MR) is 70.3 cm³/mol. The van der Waals surface area contributed by atoms with Crippen molar-refractivity contribution >= 4 is 5.82 Å². The molecule has 0 saturated heterocycles. The van der Waals surface area contributed by atoms with Crippen LogP contribution in [0.2, 0.25) is 0 Å². The number of anilines is 1. The molecule has 0 aromatic carbocycles. The van der Waals surface area contributed by atoms with Crippen LogP contribution in [0.15, 0.2) is 28.8 Å². The lowest BCUT2D eigenvalue weighted by Gasteiger charge is -2.17. The quantitative estimate of drug-likeness (QED) is 0.870. The third-order valence-corrected chi connectivity index (χ3v) is 2.61. The molecule has 0 fully saturated rings. The molecule has 1 N–H and O–H groups in total. The number of hydrogen-bond acceptors (Lipinski definition) is 5. The minimum atomic E-state index is 0.668. The molecule has 0 amide bonds. The van der Waals surface area contributed by atoms with Gasteiger partial charge in [0.05, 0.1) is 13.1 Å². The molecule has 0 saturated carbocycles. The zero-order valence-corrected chi connectivity index (χ0v) is 11.0. The van der Waals surface area contributed by atoms with E-state index in [1.165, 1.54) is 0 Å². The second kappa shape index (κ2) is 5.64. The maximum absolute atomic E-state index is 5.56. The van der Waals surface area contributed by atoms with Crippen LogP contribution in [0.3, 0.4) is 0 Å². The standard InChI is InChI=1S/C13H18N4O/c1-10-4-5-11(18-10)9-17(3)13-6-7-15-12(16-13)8-14-2/h4-7,14H,8-9H2,1-3H3. The summed E-state index contributed by atoms with van der Waals surface area (Å²) in [6.07, 6.45) is 1.78. The number of nitrogens with one attached hydrogen (secondary N) is 1. The van der Waals surface area contributed by atoms with E-state index >= 15 is 0 Å². The van der Waals surface area contributed by atoms with Crippen LogP contribution in [0.1, 0.15) is 17.3 Å². The number of rotatable bonds is 5.